The van der Waals surface area contributed by atoms with Gasteiger partial charge in [-0.2, -0.15) is 0 Å². The van der Waals surface area contributed by atoms with E-state index in [1.54, 1.807) is 0 Å². The zero-order valence-corrected chi connectivity index (χ0v) is 12.3. The number of hydrogen-bond acceptors (Lipinski definition) is 3. The Morgan fingerprint density at radius 1 is 0.750 bits per heavy atom. The number of benzene rings is 2. The topological polar surface area (TPSA) is 60.7 Å². The molecule has 2 aromatic carbocycles. The molecule has 20 heavy (non-hydrogen) atoms. The second-order valence-corrected chi connectivity index (χ2v) is 7.09. The molecule has 3 N–H and O–H groups in total. The molecule has 0 spiro atoms. The minimum atomic E-state index is -3.93. The summed E-state index contributed by atoms with van der Waals surface area (Å²) in [6.07, 6.45) is 1.46. The summed E-state index contributed by atoms with van der Waals surface area (Å²) in [4.78, 5) is 27.4. The van der Waals surface area contributed by atoms with Crippen LogP contribution in [0.1, 0.15) is 29.9 Å². The van der Waals surface area contributed by atoms with Crippen LogP contribution in [-0.4, -0.2) is 20.8 Å². The fourth-order valence-corrected chi connectivity index (χ4v) is 3.12. The molecule has 0 fully saturated rings. The molecule has 0 unspecified atom stereocenters. The summed E-state index contributed by atoms with van der Waals surface area (Å²) in [5.41, 5.74) is 2.42. The van der Waals surface area contributed by atoms with E-state index in [4.69, 9.17) is 14.7 Å². The second kappa shape index (κ2) is 6.96. The molecule has 0 heterocycles. The van der Waals surface area contributed by atoms with Gasteiger partial charge in [0.25, 0.3) is 0 Å². The zero-order valence-electron chi connectivity index (χ0n) is 11.3. The fourth-order valence-electron chi connectivity index (χ4n) is 2.44. The SMILES string of the molecule is O[PH](O)(O)CCCC(c1ccccc1)c1ccccc1. The molecule has 0 aliphatic rings. The average molecular weight is 292 g/mol. The van der Waals surface area contributed by atoms with Crippen molar-refractivity contribution in [3.05, 3.63) is 71.8 Å². The standard InChI is InChI=1S/C16H21O3P/c17-20(18,19)13-7-12-16(14-8-3-1-4-9-14)15-10-5-2-6-11-15/h1-6,8-11,16-20H,7,12-13H2. The van der Waals surface area contributed by atoms with E-state index < -0.39 is 7.94 Å². The van der Waals surface area contributed by atoms with Crippen LogP contribution in [-0.2, 0) is 0 Å². The molecule has 0 saturated carbocycles. The van der Waals surface area contributed by atoms with Crippen molar-refractivity contribution in [1.29, 1.82) is 0 Å². The van der Waals surface area contributed by atoms with Crippen LogP contribution in [0.2, 0.25) is 0 Å². The van der Waals surface area contributed by atoms with E-state index in [2.05, 4.69) is 24.3 Å². The first-order chi connectivity index (χ1) is 9.56. The first-order valence-electron chi connectivity index (χ1n) is 6.83. The van der Waals surface area contributed by atoms with Gasteiger partial charge in [0, 0.05) is 0 Å². The Labute approximate surface area is 120 Å². The molecule has 0 saturated heterocycles. The van der Waals surface area contributed by atoms with Gasteiger partial charge in [0.2, 0.25) is 0 Å². The zero-order chi connectivity index (χ0) is 14.4. The van der Waals surface area contributed by atoms with Crippen LogP contribution in [0.15, 0.2) is 60.7 Å². The average Bonchev–Trinajstić information content (AvgIpc) is 2.44. The first kappa shape index (κ1) is 15.1. The Hall–Kier alpha value is -1.25. The predicted molar refractivity (Wildman–Crippen MR) is 83.8 cm³/mol. The van der Waals surface area contributed by atoms with Crippen LogP contribution >= 0.6 is 7.94 Å². The molecule has 0 aromatic heterocycles. The summed E-state index contributed by atoms with van der Waals surface area (Å²) in [5, 5.41) is 0. The Kier molecular flexibility index (Phi) is 5.27. The van der Waals surface area contributed by atoms with E-state index in [9.17, 15) is 0 Å². The van der Waals surface area contributed by atoms with Gasteiger partial charge in [-0.25, -0.2) is 0 Å². The summed E-state index contributed by atoms with van der Waals surface area (Å²) in [7, 11) is -3.93. The Morgan fingerprint density at radius 2 is 1.20 bits per heavy atom. The maximum atomic E-state index is 9.12. The number of hydrogen-bond donors (Lipinski definition) is 3. The second-order valence-electron chi connectivity index (χ2n) is 5.04. The molecule has 0 amide bonds. The van der Waals surface area contributed by atoms with Crippen molar-refractivity contribution in [2.24, 2.45) is 0 Å². The summed E-state index contributed by atoms with van der Waals surface area (Å²) in [6, 6.07) is 20.3. The van der Waals surface area contributed by atoms with E-state index >= 15 is 0 Å². The van der Waals surface area contributed by atoms with Crippen LogP contribution in [0.4, 0.5) is 0 Å². The Morgan fingerprint density at radius 3 is 1.60 bits per heavy atom. The third-order valence-electron chi connectivity index (χ3n) is 3.41. The molecule has 0 aliphatic heterocycles. The molecule has 3 nitrogen and oxygen atoms in total. The van der Waals surface area contributed by atoms with Gasteiger partial charge in [0.05, 0.1) is 0 Å². The molecular weight excluding hydrogens is 271 g/mol. The minimum absolute atomic E-state index is 0.0865. The van der Waals surface area contributed by atoms with E-state index in [0.717, 1.165) is 6.42 Å². The van der Waals surface area contributed by atoms with E-state index in [1.165, 1.54) is 11.1 Å². The Balaban J connectivity index is 2.13. The van der Waals surface area contributed by atoms with Gasteiger partial charge in [-0.05, 0) is 0 Å². The van der Waals surface area contributed by atoms with Crippen molar-refractivity contribution in [2.45, 2.75) is 18.8 Å². The van der Waals surface area contributed by atoms with Crippen molar-refractivity contribution < 1.29 is 14.7 Å². The normalized spacial score (nSPS) is 12.6. The molecular formula is C16H21O3P. The summed E-state index contributed by atoms with van der Waals surface area (Å²) in [6.45, 7) is 0. The number of rotatable bonds is 6. The molecule has 0 aliphatic carbocycles. The summed E-state index contributed by atoms with van der Waals surface area (Å²) in [5.74, 6) is 0.216. The third-order valence-corrected chi connectivity index (χ3v) is 4.43. The third kappa shape index (κ3) is 4.69. The van der Waals surface area contributed by atoms with Crippen LogP contribution in [0.5, 0.6) is 0 Å². The molecule has 2 rings (SSSR count). The van der Waals surface area contributed by atoms with Crippen molar-refractivity contribution in [3.63, 3.8) is 0 Å². The van der Waals surface area contributed by atoms with Gasteiger partial charge < -0.3 is 0 Å². The molecule has 0 radical (unpaired) electrons. The van der Waals surface area contributed by atoms with Gasteiger partial charge in [-0.1, -0.05) is 0 Å². The molecule has 4 heteroatoms. The van der Waals surface area contributed by atoms with Crippen LogP contribution < -0.4 is 0 Å². The van der Waals surface area contributed by atoms with E-state index in [0.29, 0.717) is 6.42 Å². The predicted octanol–water partition coefficient (Wildman–Crippen LogP) is 3.07. The van der Waals surface area contributed by atoms with Crippen molar-refractivity contribution in [3.8, 4) is 0 Å². The molecule has 108 valence electrons. The summed E-state index contributed by atoms with van der Waals surface area (Å²) >= 11 is 0. The Bertz CT molecular complexity index is 469. The van der Waals surface area contributed by atoms with E-state index in [-0.39, 0.29) is 12.1 Å². The monoisotopic (exact) mass is 292 g/mol. The van der Waals surface area contributed by atoms with Crippen LogP contribution in [0.25, 0.3) is 0 Å². The van der Waals surface area contributed by atoms with Crippen LogP contribution in [0, 0.1) is 0 Å². The summed E-state index contributed by atoms with van der Waals surface area (Å²) < 4.78 is 0. The van der Waals surface area contributed by atoms with Crippen molar-refractivity contribution in [2.75, 3.05) is 6.16 Å². The molecule has 2 aromatic rings. The van der Waals surface area contributed by atoms with Gasteiger partial charge in [-0.3, -0.25) is 0 Å². The van der Waals surface area contributed by atoms with Crippen molar-refractivity contribution in [1.82, 2.24) is 0 Å². The van der Waals surface area contributed by atoms with Crippen molar-refractivity contribution >= 4 is 7.94 Å². The van der Waals surface area contributed by atoms with E-state index in [1.807, 2.05) is 36.4 Å². The molecule has 0 atom stereocenters. The van der Waals surface area contributed by atoms with Crippen LogP contribution in [0.3, 0.4) is 0 Å². The van der Waals surface area contributed by atoms with Gasteiger partial charge in [0.15, 0.2) is 0 Å². The van der Waals surface area contributed by atoms with Gasteiger partial charge in [0.1, 0.15) is 0 Å². The van der Waals surface area contributed by atoms with Gasteiger partial charge in [-0.15, -0.1) is 0 Å². The fraction of sp³-hybridized carbons (Fsp3) is 0.250. The van der Waals surface area contributed by atoms with Gasteiger partial charge >= 0.3 is 119 Å². The quantitative estimate of drug-likeness (QED) is 0.717. The first-order valence-corrected chi connectivity index (χ1v) is 8.88. The maximum absolute atomic E-state index is 9.12. The molecule has 0 bridgehead atoms.